The monoisotopic (exact) mass is 275 g/mol. The van der Waals surface area contributed by atoms with E-state index in [1.807, 2.05) is 37.4 Å². The third-order valence-electron chi connectivity index (χ3n) is 3.20. The molecule has 1 N–H and O–H groups in total. The molecular formula is C16H18ClNO. The van der Waals surface area contributed by atoms with Gasteiger partial charge in [-0.15, -0.1) is 0 Å². The van der Waals surface area contributed by atoms with Crippen molar-refractivity contribution < 1.29 is 4.74 Å². The molecular weight excluding hydrogens is 258 g/mol. The van der Waals surface area contributed by atoms with E-state index < -0.39 is 0 Å². The first-order valence-corrected chi connectivity index (χ1v) is 6.66. The SMILES string of the molecule is CNC(Cc1cccc(Cl)c1)c1ccc(OC)cc1. The summed E-state index contributed by atoms with van der Waals surface area (Å²) in [6.07, 6.45) is 0.906. The molecule has 0 spiro atoms. The molecule has 0 aliphatic rings. The van der Waals surface area contributed by atoms with Gasteiger partial charge in [0, 0.05) is 11.1 Å². The molecule has 0 amide bonds. The number of rotatable bonds is 5. The molecule has 1 atom stereocenters. The number of halogens is 1. The van der Waals surface area contributed by atoms with Crippen LogP contribution in [-0.2, 0) is 6.42 Å². The van der Waals surface area contributed by atoms with Crippen LogP contribution in [0.15, 0.2) is 48.5 Å². The molecule has 2 rings (SSSR count). The van der Waals surface area contributed by atoms with E-state index in [0.717, 1.165) is 17.2 Å². The van der Waals surface area contributed by atoms with Gasteiger partial charge in [0.15, 0.2) is 0 Å². The van der Waals surface area contributed by atoms with Gasteiger partial charge in [-0.25, -0.2) is 0 Å². The quantitative estimate of drug-likeness (QED) is 0.895. The molecule has 19 heavy (non-hydrogen) atoms. The van der Waals surface area contributed by atoms with E-state index in [1.54, 1.807) is 7.11 Å². The fourth-order valence-corrected chi connectivity index (χ4v) is 2.34. The highest BCUT2D eigenvalue weighted by molar-refractivity contribution is 6.30. The topological polar surface area (TPSA) is 21.3 Å². The Kier molecular flexibility index (Phi) is 4.83. The number of ether oxygens (including phenoxy) is 1. The van der Waals surface area contributed by atoms with Crippen molar-refractivity contribution in [2.45, 2.75) is 12.5 Å². The van der Waals surface area contributed by atoms with Crippen LogP contribution in [0.3, 0.4) is 0 Å². The van der Waals surface area contributed by atoms with Crippen molar-refractivity contribution in [3.05, 3.63) is 64.7 Å². The highest BCUT2D eigenvalue weighted by Crippen LogP contribution is 2.22. The van der Waals surface area contributed by atoms with E-state index in [9.17, 15) is 0 Å². The average Bonchev–Trinajstić information content (AvgIpc) is 2.45. The highest BCUT2D eigenvalue weighted by atomic mass is 35.5. The number of likely N-dealkylation sites (N-methyl/N-ethyl adjacent to an activating group) is 1. The predicted molar refractivity (Wildman–Crippen MR) is 80.0 cm³/mol. The molecule has 0 aromatic heterocycles. The van der Waals surface area contributed by atoms with Crippen molar-refractivity contribution >= 4 is 11.6 Å². The van der Waals surface area contributed by atoms with Gasteiger partial charge in [-0.2, -0.15) is 0 Å². The largest absolute Gasteiger partial charge is 0.497 e. The summed E-state index contributed by atoms with van der Waals surface area (Å²) >= 11 is 6.02. The summed E-state index contributed by atoms with van der Waals surface area (Å²) in [5.74, 6) is 0.876. The molecule has 0 radical (unpaired) electrons. The van der Waals surface area contributed by atoms with E-state index in [4.69, 9.17) is 16.3 Å². The summed E-state index contributed by atoms with van der Waals surface area (Å²) in [6.45, 7) is 0. The van der Waals surface area contributed by atoms with Crippen LogP contribution in [-0.4, -0.2) is 14.2 Å². The van der Waals surface area contributed by atoms with Crippen LogP contribution >= 0.6 is 11.6 Å². The van der Waals surface area contributed by atoms with Crippen molar-refractivity contribution in [2.75, 3.05) is 14.2 Å². The van der Waals surface area contributed by atoms with Gasteiger partial charge in [0.1, 0.15) is 5.75 Å². The van der Waals surface area contributed by atoms with Gasteiger partial charge < -0.3 is 10.1 Å². The summed E-state index contributed by atoms with van der Waals surface area (Å²) in [4.78, 5) is 0. The minimum Gasteiger partial charge on any atom is -0.497 e. The second-order valence-electron chi connectivity index (χ2n) is 4.45. The molecule has 0 saturated carbocycles. The molecule has 100 valence electrons. The molecule has 1 unspecified atom stereocenters. The van der Waals surface area contributed by atoms with Gasteiger partial charge in [-0.1, -0.05) is 35.9 Å². The smallest absolute Gasteiger partial charge is 0.118 e. The standard InChI is InChI=1S/C16H18ClNO/c1-18-16(11-12-4-3-5-14(17)10-12)13-6-8-15(19-2)9-7-13/h3-10,16,18H,11H2,1-2H3. The molecule has 0 aliphatic heterocycles. The Morgan fingerprint density at radius 3 is 2.47 bits per heavy atom. The van der Waals surface area contributed by atoms with Crippen molar-refractivity contribution in [1.29, 1.82) is 0 Å². The zero-order valence-electron chi connectivity index (χ0n) is 11.2. The maximum atomic E-state index is 6.02. The minimum atomic E-state index is 0.268. The Balaban J connectivity index is 2.15. The van der Waals surface area contributed by atoms with Crippen molar-refractivity contribution in [1.82, 2.24) is 5.32 Å². The van der Waals surface area contributed by atoms with E-state index in [-0.39, 0.29) is 6.04 Å². The molecule has 2 nitrogen and oxygen atoms in total. The molecule has 0 saturated heterocycles. The summed E-state index contributed by atoms with van der Waals surface area (Å²) in [5.41, 5.74) is 2.46. The predicted octanol–water partition coefficient (Wildman–Crippen LogP) is 3.85. The molecule has 0 bridgehead atoms. The molecule has 2 aromatic rings. The summed E-state index contributed by atoms with van der Waals surface area (Å²) in [6, 6.07) is 16.4. The maximum Gasteiger partial charge on any atom is 0.118 e. The normalized spacial score (nSPS) is 12.2. The molecule has 0 heterocycles. The highest BCUT2D eigenvalue weighted by Gasteiger charge is 2.10. The van der Waals surface area contributed by atoms with Crippen molar-refractivity contribution in [3.63, 3.8) is 0 Å². The lowest BCUT2D eigenvalue weighted by atomic mass is 9.99. The molecule has 2 aromatic carbocycles. The molecule has 0 fully saturated rings. The van der Waals surface area contributed by atoms with Gasteiger partial charge in [-0.3, -0.25) is 0 Å². The lowest BCUT2D eigenvalue weighted by Gasteiger charge is -2.17. The molecule has 0 aliphatic carbocycles. The molecule has 3 heteroatoms. The van der Waals surface area contributed by atoms with E-state index >= 15 is 0 Å². The Morgan fingerprint density at radius 1 is 1.16 bits per heavy atom. The number of hydrogen-bond donors (Lipinski definition) is 1. The van der Waals surface area contributed by atoms with Crippen LogP contribution in [0.5, 0.6) is 5.75 Å². The van der Waals surface area contributed by atoms with Crippen LogP contribution < -0.4 is 10.1 Å². The Labute approximate surface area is 119 Å². The Morgan fingerprint density at radius 2 is 1.89 bits per heavy atom. The van der Waals surface area contributed by atoms with Crippen LogP contribution in [0.25, 0.3) is 0 Å². The van der Waals surface area contributed by atoms with Gasteiger partial charge in [0.05, 0.1) is 7.11 Å². The summed E-state index contributed by atoms with van der Waals surface area (Å²) in [5, 5.41) is 4.12. The third kappa shape index (κ3) is 3.72. The number of benzene rings is 2. The van der Waals surface area contributed by atoms with Crippen LogP contribution in [0.1, 0.15) is 17.2 Å². The average molecular weight is 276 g/mol. The van der Waals surface area contributed by atoms with Crippen molar-refractivity contribution in [2.24, 2.45) is 0 Å². The van der Waals surface area contributed by atoms with E-state index in [2.05, 4.69) is 23.5 Å². The Hall–Kier alpha value is -1.51. The van der Waals surface area contributed by atoms with Crippen LogP contribution in [0.2, 0.25) is 5.02 Å². The second kappa shape index (κ2) is 6.60. The van der Waals surface area contributed by atoms with Crippen molar-refractivity contribution in [3.8, 4) is 5.75 Å². The Bertz CT molecular complexity index is 525. The number of nitrogens with one attached hydrogen (secondary N) is 1. The van der Waals surface area contributed by atoms with Crippen LogP contribution in [0, 0.1) is 0 Å². The van der Waals surface area contributed by atoms with Gasteiger partial charge in [-0.05, 0) is 48.9 Å². The zero-order chi connectivity index (χ0) is 13.7. The third-order valence-corrected chi connectivity index (χ3v) is 3.43. The fraction of sp³-hybridized carbons (Fsp3) is 0.250. The summed E-state index contributed by atoms with van der Waals surface area (Å²) < 4.78 is 5.18. The zero-order valence-corrected chi connectivity index (χ0v) is 11.9. The first-order valence-electron chi connectivity index (χ1n) is 6.28. The maximum absolute atomic E-state index is 6.02. The van der Waals surface area contributed by atoms with Crippen LogP contribution in [0.4, 0.5) is 0 Å². The lowest BCUT2D eigenvalue weighted by molar-refractivity contribution is 0.414. The number of hydrogen-bond acceptors (Lipinski definition) is 2. The van der Waals surface area contributed by atoms with E-state index in [0.29, 0.717) is 0 Å². The summed E-state index contributed by atoms with van der Waals surface area (Å²) in [7, 11) is 3.65. The second-order valence-corrected chi connectivity index (χ2v) is 4.88. The fourth-order valence-electron chi connectivity index (χ4n) is 2.12. The van der Waals surface area contributed by atoms with Gasteiger partial charge >= 0.3 is 0 Å². The van der Waals surface area contributed by atoms with Gasteiger partial charge in [0.25, 0.3) is 0 Å². The lowest BCUT2D eigenvalue weighted by Crippen LogP contribution is -2.18. The minimum absolute atomic E-state index is 0.268. The van der Waals surface area contributed by atoms with E-state index in [1.165, 1.54) is 11.1 Å². The first kappa shape index (κ1) is 13.9. The van der Waals surface area contributed by atoms with Gasteiger partial charge in [0.2, 0.25) is 0 Å². The number of methoxy groups -OCH3 is 1. The first-order chi connectivity index (χ1) is 9.22.